The second-order valence-electron chi connectivity index (χ2n) is 7.28. The summed E-state index contributed by atoms with van der Waals surface area (Å²) < 4.78 is 28.8. The highest BCUT2D eigenvalue weighted by molar-refractivity contribution is 6.05. The molecule has 0 radical (unpaired) electrons. The number of aromatic nitrogens is 2. The molecule has 3 aromatic rings. The van der Waals surface area contributed by atoms with Crippen molar-refractivity contribution in [1.29, 1.82) is 0 Å². The third kappa shape index (κ3) is 3.55. The number of carbonyl (C=O) groups excluding carboxylic acids is 1. The Morgan fingerprint density at radius 1 is 1.14 bits per heavy atom. The number of benzene rings is 2. The highest BCUT2D eigenvalue weighted by Gasteiger charge is 2.25. The van der Waals surface area contributed by atoms with Crippen molar-refractivity contribution in [3.8, 4) is 0 Å². The Bertz CT molecular complexity index is 1020. The minimum absolute atomic E-state index is 0.159. The Morgan fingerprint density at radius 3 is 2.64 bits per heavy atom. The smallest absolute Gasteiger partial charge is 0.258 e. The third-order valence-corrected chi connectivity index (χ3v) is 4.88. The van der Waals surface area contributed by atoms with Crippen LogP contribution in [-0.2, 0) is 0 Å². The van der Waals surface area contributed by atoms with Gasteiger partial charge in [0.2, 0.25) is 0 Å². The van der Waals surface area contributed by atoms with E-state index in [1.807, 2.05) is 18.7 Å². The zero-order valence-electron chi connectivity index (χ0n) is 15.6. The van der Waals surface area contributed by atoms with Gasteiger partial charge in [-0.05, 0) is 38.1 Å². The van der Waals surface area contributed by atoms with Gasteiger partial charge in [0.05, 0.1) is 23.0 Å². The van der Waals surface area contributed by atoms with Crippen LogP contribution in [0.5, 0.6) is 0 Å². The van der Waals surface area contributed by atoms with E-state index in [0.29, 0.717) is 18.8 Å². The fraction of sp³-hybridized carbons (Fsp3) is 0.300. The molecule has 1 saturated heterocycles. The Kier molecular flexibility index (Phi) is 4.72. The first-order valence-electron chi connectivity index (χ1n) is 9.15. The van der Waals surface area contributed by atoms with E-state index in [0.717, 1.165) is 17.0 Å². The number of carbonyl (C=O) groups is 1. The standard InChI is InChI=1S/C20H21F2N5O/c1-11-9-27(10-12(2)24-11)19-6-15(16(21)7-17(19)22)20(28)25-14-3-4-18-13(5-14)8-23-26-18/h3-8,11-12,24H,9-10H2,1-2H3,(H,23,26)(H,25,28). The van der Waals surface area contributed by atoms with Crippen LogP contribution in [0, 0.1) is 11.6 Å². The Labute approximate surface area is 160 Å². The second kappa shape index (κ2) is 7.20. The molecule has 0 aliphatic carbocycles. The van der Waals surface area contributed by atoms with Crippen molar-refractivity contribution in [2.75, 3.05) is 23.3 Å². The van der Waals surface area contributed by atoms with Crippen LogP contribution in [-0.4, -0.2) is 41.3 Å². The van der Waals surface area contributed by atoms with Crippen molar-refractivity contribution < 1.29 is 13.6 Å². The predicted octanol–water partition coefficient (Wildman–Crippen LogP) is 3.28. The molecule has 6 nitrogen and oxygen atoms in total. The number of nitrogens with one attached hydrogen (secondary N) is 3. The molecule has 28 heavy (non-hydrogen) atoms. The molecule has 0 spiro atoms. The van der Waals surface area contributed by atoms with Crippen molar-refractivity contribution in [3.63, 3.8) is 0 Å². The van der Waals surface area contributed by atoms with Crippen molar-refractivity contribution in [3.05, 3.63) is 53.7 Å². The molecule has 2 aromatic carbocycles. The third-order valence-electron chi connectivity index (χ3n) is 4.88. The fourth-order valence-corrected chi connectivity index (χ4v) is 3.70. The van der Waals surface area contributed by atoms with Crippen LogP contribution in [0.3, 0.4) is 0 Å². The van der Waals surface area contributed by atoms with Gasteiger partial charge in [-0.3, -0.25) is 9.89 Å². The molecular formula is C20H21F2N5O. The Balaban J connectivity index is 1.62. The van der Waals surface area contributed by atoms with Crippen LogP contribution >= 0.6 is 0 Å². The fourth-order valence-electron chi connectivity index (χ4n) is 3.70. The number of aromatic amines is 1. The summed E-state index contributed by atoms with van der Waals surface area (Å²) in [6.07, 6.45) is 1.63. The molecule has 1 aromatic heterocycles. The summed E-state index contributed by atoms with van der Waals surface area (Å²) in [6.45, 7) is 5.16. The summed E-state index contributed by atoms with van der Waals surface area (Å²) in [5.41, 5.74) is 1.38. The average molecular weight is 385 g/mol. The van der Waals surface area contributed by atoms with Gasteiger partial charge in [-0.2, -0.15) is 5.10 Å². The van der Waals surface area contributed by atoms with Crippen LogP contribution in [0.2, 0.25) is 0 Å². The van der Waals surface area contributed by atoms with Crippen LogP contribution in [0.25, 0.3) is 10.9 Å². The molecule has 1 fully saturated rings. The molecule has 0 bridgehead atoms. The van der Waals surface area contributed by atoms with Gasteiger partial charge >= 0.3 is 0 Å². The van der Waals surface area contributed by atoms with E-state index < -0.39 is 17.5 Å². The Morgan fingerprint density at radius 2 is 1.89 bits per heavy atom. The first kappa shape index (κ1) is 18.4. The Hall–Kier alpha value is -3.00. The van der Waals surface area contributed by atoms with E-state index in [2.05, 4.69) is 20.8 Å². The number of fused-ring (bicyclic) bond motifs is 1. The quantitative estimate of drug-likeness (QED) is 0.647. The lowest BCUT2D eigenvalue weighted by Crippen LogP contribution is -2.54. The molecule has 146 valence electrons. The molecule has 2 atom stereocenters. The topological polar surface area (TPSA) is 73.0 Å². The predicted molar refractivity (Wildman–Crippen MR) is 105 cm³/mol. The summed E-state index contributed by atoms with van der Waals surface area (Å²) in [4.78, 5) is 14.5. The molecule has 1 aliphatic rings. The zero-order valence-corrected chi connectivity index (χ0v) is 15.6. The SMILES string of the molecule is CC1CN(c2cc(C(=O)Nc3ccc4[nH]ncc4c3)c(F)cc2F)CC(C)N1. The lowest BCUT2D eigenvalue weighted by molar-refractivity contribution is 0.102. The molecule has 3 N–H and O–H groups in total. The molecule has 2 unspecified atom stereocenters. The number of hydrogen-bond donors (Lipinski definition) is 3. The minimum Gasteiger partial charge on any atom is -0.366 e. The van der Waals surface area contributed by atoms with E-state index in [1.54, 1.807) is 24.4 Å². The van der Waals surface area contributed by atoms with Gasteiger partial charge in [-0.1, -0.05) is 0 Å². The molecule has 2 heterocycles. The summed E-state index contributed by atoms with van der Waals surface area (Å²) in [5, 5.41) is 13.6. The minimum atomic E-state index is -0.889. The number of H-pyrrole nitrogens is 1. The highest BCUT2D eigenvalue weighted by atomic mass is 19.1. The maximum atomic E-state index is 14.5. The molecule has 4 rings (SSSR count). The largest absolute Gasteiger partial charge is 0.366 e. The number of halogens is 2. The molecule has 8 heteroatoms. The van der Waals surface area contributed by atoms with Crippen molar-refractivity contribution in [2.24, 2.45) is 0 Å². The average Bonchev–Trinajstić information content (AvgIpc) is 3.08. The van der Waals surface area contributed by atoms with Gasteiger partial charge in [0.25, 0.3) is 5.91 Å². The summed E-state index contributed by atoms with van der Waals surface area (Å²) in [7, 11) is 0. The number of hydrogen-bond acceptors (Lipinski definition) is 4. The first-order chi connectivity index (χ1) is 13.4. The van der Waals surface area contributed by atoms with Gasteiger partial charge in [0.15, 0.2) is 0 Å². The van der Waals surface area contributed by atoms with Crippen molar-refractivity contribution >= 4 is 28.2 Å². The summed E-state index contributed by atoms with van der Waals surface area (Å²) >= 11 is 0. The molecule has 0 saturated carbocycles. The maximum Gasteiger partial charge on any atom is 0.258 e. The molecular weight excluding hydrogens is 364 g/mol. The summed E-state index contributed by atoms with van der Waals surface area (Å²) in [6, 6.07) is 7.59. The first-order valence-corrected chi connectivity index (χ1v) is 9.15. The van der Waals surface area contributed by atoms with E-state index in [9.17, 15) is 13.6 Å². The lowest BCUT2D eigenvalue weighted by Gasteiger charge is -2.37. The van der Waals surface area contributed by atoms with Gasteiger partial charge in [-0.15, -0.1) is 0 Å². The molecule has 1 aliphatic heterocycles. The number of amides is 1. The van der Waals surface area contributed by atoms with Gasteiger partial charge in [0.1, 0.15) is 11.6 Å². The normalized spacial score (nSPS) is 19.8. The van der Waals surface area contributed by atoms with E-state index in [-0.39, 0.29) is 23.3 Å². The van der Waals surface area contributed by atoms with Crippen molar-refractivity contribution in [1.82, 2.24) is 15.5 Å². The van der Waals surface area contributed by atoms with E-state index in [1.165, 1.54) is 6.07 Å². The van der Waals surface area contributed by atoms with Crippen LogP contribution in [0.15, 0.2) is 36.5 Å². The molecule has 1 amide bonds. The zero-order chi connectivity index (χ0) is 19.8. The second-order valence-corrected chi connectivity index (χ2v) is 7.28. The lowest BCUT2D eigenvalue weighted by atomic mass is 10.1. The van der Waals surface area contributed by atoms with E-state index in [4.69, 9.17) is 0 Å². The van der Waals surface area contributed by atoms with Crippen LogP contribution < -0.4 is 15.5 Å². The van der Waals surface area contributed by atoms with Crippen molar-refractivity contribution in [2.45, 2.75) is 25.9 Å². The van der Waals surface area contributed by atoms with Crippen LogP contribution in [0.1, 0.15) is 24.2 Å². The number of anilines is 2. The van der Waals surface area contributed by atoms with Gasteiger partial charge < -0.3 is 15.5 Å². The number of nitrogens with zero attached hydrogens (tertiary/aromatic N) is 2. The van der Waals surface area contributed by atoms with Gasteiger partial charge in [-0.25, -0.2) is 8.78 Å². The number of rotatable bonds is 3. The summed E-state index contributed by atoms with van der Waals surface area (Å²) in [5.74, 6) is -2.19. The maximum absolute atomic E-state index is 14.5. The number of piperazine rings is 1. The monoisotopic (exact) mass is 385 g/mol. The van der Waals surface area contributed by atoms with Gasteiger partial charge in [0, 0.05) is 42.3 Å². The highest BCUT2D eigenvalue weighted by Crippen LogP contribution is 2.26. The van der Waals surface area contributed by atoms with E-state index >= 15 is 0 Å². The van der Waals surface area contributed by atoms with Crippen LogP contribution in [0.4, 0.5) is 20.2 Å².